The summed E-state index contributed by atoms with van der Waals surface area (Å²) in [6.07, 6.45) is 5.52. The first-order valence-corrected chi connectivity index (χ1v) is 8.07. The van der Waals surface area contributed by atoms with Crippen molar-refractivity contribution >= 4 is 11.5 Å². The number of carbonyl (C=O) groups excluding carboxylic acids is 1. The SMILES string of the molecule is CCCC1CCC(=O)C(CN(CC)c2ccccc2)C1. The Morgan fingerprint density at radius 1 is 1.20 bits per heavy atom. The monoisotopic (exact) mass is 273 g/mol. The maximum absolute atomic E-state index is 12.2. The van der Waals surface area contributed by atoms with Gasteiger partial charge in [0.25, 0.3) is 0 Å². The molecule has 2 atom stereocenters. The molecule has 20 heavy (non-hydrogen) atoms. The highest BCUT2D eigenvalue weighted by molar-refractivity contribution is 5.82. The number of rotatable bonds is 6. The lowest BCUT2D eigenvalue weighted by molar-refractivity contribution is -0.125. The standard InChI is InChI=1S/C18H27NO/c1-3-8-15-11-12-18(20)16(13-15)14-19(4-2)17-9-6-5-7-10-17/h5-7,9-10,15-16H,3-4,8,11-14H2,1-2H3. The number of para-hydroxylation sites is 1. The average molecular weight is 273 g/mol. The van der Waals surface area contributed by atoms with Crippen LogP contribution in [0.1, 0.15) is 46.0 Å². The third kappa shape index (κ3) is 3.84. The molecule has 1 aliphatic rings. The van der Waals surface area contributed by atoms with Gasteiger partial charge in [0.1, 0.15) is 5.78 Å². The van der Waals surface area contributed by atoms with Crippen molar-refractivity contribution in [2.75, 3.05) is 18.0 Å². The van der Waals surface area contributed by atoms with Crippen LogP contribution in [0.3, 0.4) is 0 Å². The van der Waals surface area contributed by atoms with Gasteiger partial charge in [-0.3, -0.25) is 4.79 Å². The van der Waals surface area contributed by atoms with Gasteiger partial charge in [0.2, 0.25) is 0 Å². The number of benzene rings is 1. The zero-order chi connectivity index (χ0) is 14.4. The van der Waals surface area contributed by atoms with Gasteiger partial charge in [0, 0.05) is 31.1 Å². The van der Waals surface area contributed by atoms with Crippen LogP contribution in [0.4, 0.5) is 5.69 Å². The van der Waals surface area contributed by atoms with E-state index in [9.17, 15) is 4.79 Å². The van der Waals surface area contributed by atoms with E-state index in [4.69, 9.17) is 0 Å². The van der Waals surface area contributed by atoms with E-state index < -0.39 is 0 Å². The quantitative estimate of drug-likeness (QED) is 0.770. The highest BCUT2D eigenvalue weighted by Crippen LogP contribution is 2.31. The highest BCUT2D eigenvalue weighted by Gasteiger charge is 2.29. The molecule has 0 aromatic heterocycles. The number of carbonyl (C=O) groups is 1. The summed E-state index contributed by atoms with van der Waals surface area (Å²) in [6, 6.07) is 10.5. The molecule has 1 aromatic rings. The Morgan fingerprint density at radius 3 is 2.60 bits per heavy atom. The Hall–Kier alpha value is -1.31. The van der Waals surface area contributed by atoms with Gasteiger partial charge in [0.15, 0.2) is 0 Å². The first kappa shape index (κ1) is 15.1. The van der Waals surface area contributed by atoms with E-state index in [2.05, 4.69) is 43.0 Å². The number of hydrogen-bond acceptors (Lipinski definition) is 2. The van der Waals surface area contributed by atoms with Gasteiger partial charge in [-0.1, -0.05) is 38.0 Å². The van der Waals surface area contributed by atoms with Gasteiger partial charge in [-0.2, -0.15) is 0 Å². The molecule has 0 bridgehead atoms. The number of anilines is 1. The zero-order valence-electron chi connectivity index (χ0n) is 12.8. The fraction of sp³-hybridized carbons (Fsp3) is 0.611. The van der Waals surface area contributed by atoms with Crippen LogP contribution < -0.4 is 4.90 Å². The maximum Gasteiger partial charge on any atom is 0.137 e. The molecule has 0 heterocycles. The van der Waals surface area contributed by atoms with Crippen LogP contribution in [0.5, 0.6) is 0 Å². The molecule has 0 aliphatic heterocycles. The number of ketones is 1. The minimum atomic E-state index is 0.237. The van der Waals surface area contributed by atoms with E-state index >= 15 is 0 Å². The average Bonchev–Trinajstić information content (AvgIpc) is 2.49. The second kappa shape index (κ2) is 7.47. The molecule has 0 saturated heterocycles. The third-order valence-electron chi connectivity index (χ3n) is 4.51. The predicted molar refractivity (Wildman–Crippen MR) is 85.1 cm³/mol. The van der Waals surface area contributed by atoms with Crippen LogP contribution in [-0.4, -0.2) is 18.9 Å². The molecule has 2 rings (SSSR count). The lowest BCUT2D eigenvalue weighted by atomic mass is 9.78. The van der Waals surface area contributed by atoms with E-state index in [1.165, 1.54) is 18.5 Å². The lowest BCUT2D eigenvalue weighted by Gasteiger charge is -2.33. The van der Waals surface area contributed by atoms with E-state index in [1.54, 1.807) is 0 Å². The molecule has 2 nitrogen and oxygen atoms in total. The van der Waals surface area contributed by atoms with E-state index in [0.29, 0.717) is 5.78 Å². The molecule has 0 amide bonds. The molecule has 2 heteroatoms. The summed E-state index contributed by atoms with van der Waals surface area (Å²) < 4.78 is 0. The Labute approximate surface area is 123 Å². The smallest absolute Gasteiger partial charge is 0.137 e. The highest BCUT2D eigenvalue weighted by atomic mass is 16.1. The fourth-order valence-corrected chi connectivity index (χ4v) is 3.37. The maximum atomic E-state index is 12.2. The number of nitrogens with zero attached hydrogens (tertiary/aromatic N) is 1. The summed E-state index contributed by atoms with van der Waals surface area (Å²) in [5, 5.41) is 0. The summed E-state index contributed by atoms with van der Waals surface area (Å²) in [6.45, 7) is 6.27. The zero-order valence-corrected chi connectivity index (χ0v) is 12.8. The molecule has 1 aromatic carbocycles. The summed E-state index contributed by atoms with van der Waals surface area (Å²) in [5.41, 5.74) is 1.24. The van der Waals surface area contributed by atoms with Crippen molar-refractivity contribution in [3.05, 3.63) is 30.3 Å². The number of Topliss-reactive ketones (excluding diaryl/α,β-unsaturated/α-hetero) is 1. The van der Waals surface area contributed by atoms with Crippen LogP contribution in [0.15, 0.2) is 30.3 Å². The first-order valence-electron chi connectivity index (χ1n) is 8.07. The van der Waals surface area contributed by atoms with Crippen LogP contribution in [0.25, 0.3) is 0 Å². The largest absolute Gasteiger partial charge is 0.371 e. The summed E-state index contributed by atoms with van der Waals surface area (Å²) in [7, 11) is 0. The minimum Gasteiger partial charge on any atom is -0.371 e. The molecular weight excluding hydrogens is 246 g/mol. The van der Waals surface area contributed by atoms with Crippen molar-refractivity contribution in [1.29, 1.82) is 0 Å². The van der Waals surface area contributed by atoms with E-state index in [0.717, 1.165) is 38.3 Å². The Morgan fingerprint density at radius 2 is 1.95 bits per heavy atom. The van der Waals surface area contributed by atoms with Gasteiger partial charge in [-0.15, -0.1) is 0 Å². The van der Waals surface area contributed by atoms with Crippen molar-refractivity contribution in [2.24, 2.45) is 11.8 Å². The van der Waals surface area contributed by atoms with Gasteiger partial charge in [-0.05, 0) is 37.8 Å². The molecule has 1 fully saturated rings. The molecule has 0 spiro atoms. The van der Waals surface area contributed by atoms with E-state index in [-0.39, 0.29) is 5.92 Å². The van der Waals surface area contributed by atoms with Crippen LogP contribution in [0.2, 0.25) is 0 Å². The van der Waals surface area contributed by atoms with Crippen molar-refractivity contribution in [3.8, 4) is 0 Å². The van der Waals surface area contributed by atoms with Crippen LogP contribution in [0, 0.1) is 11.8 Å². The van der Waals surface area contributed by atoms with Crippen molar-refractivity contribution in [3.63, 3.8) is 0 Å². The normalized spacial score (nSPS) is 22.8. The second-order valence-corrected chi connectivity index (χ2v) is 5.97. The van der Waals surface area contributed by atoms with E-state index in [1.807, 2.05) is 6.07 Å². The molecule has 2 unspecified atom stereocenters. The van der Waals surface area contributed by atoms with Crippen molar-refractivity contribution in [1.82, 2.24) is 0 Å². The van der Waals surface area contributed by atoms with Gasteiger partial charge in [-0.25, -0.2) is 0 Å². The van der Waals surface area contributed by atoms with Crippen molar-refractivity contribution < 1.29 is 4.79 Å². The summed E-state index contributed by atoms with van der Waals surface area (Å²) in [5.74, 6) is 1.48. The van der Waals surface area contributed by atoms with Gasteiger partial charge in [0.05, 0.1) is 0 Å². The third-order valence-corrected chi connectivity index (χ3v) is 4.51. The van der Waals surface area contributed by atoms with Gasteiger partial charge < -0.3 is 4.90 Å². The minimum absolute atomic E-state index is 0.237. The Balaban J connectivity index is 2.00. The lowest BCUT2D eigenvalue weighted by Crippen LogP contribution is -2.36. The Bertz CT molecular complexity index is 415. The summed E-state index contributed by atoms with van der Waals surface area (Å²) in [4.78, 5) is 14.5. The topological polar surface area (TPSA) is 20.3 Å². The molecule has 0 N–H and O–H groups in total. The van der Waals surface area contributed by atoms with Crippen LogP contribution >= 0.6 is 0 Å². The molecule has 1 saturated carbocycles. The van der Waals surface area contributed by atoms with Crippen molar-refractivity contribution in [2.45, 2.75) is 46.0 Å². The first-order chi connectivity index (χ1) is 9.74. The Kier molecular flexibility index (Phi) is 5.63. The molecule has 1 aliphatic carbocycles. The summed E-state index contributed by atoms with van der Waals surface area (Å²) >= 11 is 0. The fourth-order valence-electron chi connectivity index (χ4n) is 3.37. The second-order valence-electron chi connectivity index (χ2n) is 5.97. The molecule has 110 valence electrons. The van der Waals surface area contributed by atoms with Gasteiger partial charge >= 0.3 is 0 Å². The number of hydrogen-bond donors (Lipinski definition) is 0. The van der Waals surface area contributed by atoms with Crippen LogP contribution in [-0.2, 0) is 4.79 Å². The predicted octanol–water partition coefficient (Wildman–Crippen LogP) is 4.30. The molecular formula is C18H27NO. The molecule has 0 radical (unpaired) electrons.